The van der Waals surface area contributed by atoms with Crippen molar-refractivity contribution in [3.05, 3.63) is 10.0 Å². The second-order valence-corrected chi connectivity index (χ2v) is 5.37. The topological polar surface area (TPSA) is 58.5 Å². The zero-order valence-corrected chi connectivity index (χ0v) is 8.52. The predicted octanol–water partition coefficient (Wildman–Crippen LogP) is 0.717. The maximum Gasteiger partial charge on any atom is 0.235 e. The molecule has 2 aliphatic rings. The van der Waals surface area contributed by atoms with Crippen LogP contribution in [0.15, 0.2) is 15.0 Å². The van der Waals surface area contributed by atoms with Gasteiger partial charge in [0, 0.05) is 0 Å². The van der Waals surface area contributed by atoms with Crippen LogP contribution in [0.4, 0.5) is 0 Å². The van der Waals surface area contributed by atoms with Crippen LogP contribution in [0.3, 0.4) is 0 Å². The quantitative estimate of drug-likeness (QED) is 0.698. The van der Waals surface area contributed by atoms with Crippen molar-refractivity contribution in [1.29, 1.82) is 0 Å². The van der Waals surface area contributed by atoms with Gasteiger partial charge < -0.3 is 5.32 Å². The highest BCUT2D eigenvalue weighted by Gasteiger charge is 2.29. The molecule has 0 aromatic rings. The molecule has 1 heterocycles. The molecule has 2 rings (SSSR count). The normalized spacial score (nSPS) is 30.1. The average molecular weight is 251 g/mol. The second-order valence-electron chi connectivity index (χ2n) is 2.80. The van der Waals surface area contributed by atoms with Gasteiger partial charge in [0.25, 0.3) is 0 Å². The molecule has 0 aromatic heterocycles. The lowest BCUT2D eigenvalue weighted by molar-refractivity contribution is 0.615. The Morgan fingerprint density at radius 3 is 2.67 bits per heavy atom. The zero-order chi connectivity index (χ0) is 8.77. The molecule has 0 spiro atoms. The molecule has 12 heavy (non-hydrogen) atoms. The van der Waals surface area contributed by atoms with Crippen LogP contribution in [0.25, 0.3) is 0 Å². The van der Waals surface area contributed by atoms with Crippen LogP contribution in [0, 0.1) is 0 Å². The summed E-state index contributed by atoms with van der Waals surface area (Å²) in [5, 5.41) is 3.87. The molecule has 4 nitrogen and oxygen atoms in total. The molecule has 1 saturated carbocycles. The highest BCUT2D eigenvalue weighted by atomic mass is 79.9. The van der Waals surface area contributed by atoms with Gasteiger partial charge in [-0.2, -0.15) is 0 Å². The molecule has 6 heteroatoms. The first-order valence-corrected chi connectivity index (χ1v) is 5.89. The summed E-state index contributed by atoms with van der Waals surface area (Å²) in [4.78, 5) is 4.03. The van der Waals surface area contributed by atoms with Gasteiger partial charge in [-0.15, -0.1) is 0 Å². The summed E-state index contributed by atoms with van der Waals surface area (Å²) >= 11 is 3.05. The minimum Gasteiger partial charge on any atom is -0.324 e. The first-order chi connectivity index (χ1) is 5.58. The van der Waals surface area contributed by atoms with E-state index in [-0.39, 0.29) is 11.2 Å². The molecule has 0 saturated heterocycles. The molecule has 1 fully saturated rings. The Bertz CT molecular complexity index is 367. The van der Waals surface area contributed by atoms with Crippen LogP contribution in [-0.4, -0.2) is 19.6 Å². The third kappa shape index (κ3) is 1.54. The van der Waals surface area contributed by atoms with Crippen molar-refractivity contribution in [2.45, 2.75) is 18.9 Å². The summed E-state index contributed by atoms with van der Waals surface area (Å²) in [6, 6.07) is 0.217. The van der Waals surface area contributed by atoms with Gasteiger partial charge in [-0.3, -0.25) is 4.99 Å². The average Bonchev–Trinajstić information content (AvgIpc) is 2.63. The summed E-state index contributed by atoms with van der Waals surface area (Å²) in [6.07, 6.45) is 2.00. The number of nitrogens with zero attached hydrogens (tertiary/aromatic N) is 1. The van der Waals surface area contributed by atoms with Crippen molar-refractivity contribution in [1.82, 2.24) is 5.32 Å². The molecule has 66 valence electrons. The SMILES string of the molecule is O=S1(=O)C=C(Br)NC1=NC1CC1. The number of hydrogen-bond acceptors (Lipinski definition) is 3. The zero-order valence-electron chi connectivity index (χ0n) is 6.12. The molecule has 0 unspecified atom stereocenters. The van der Waals surface area contributed by atoms with Crippen LogP contribution in [0.5, 0.6) is 0 Å². The minimum absolute atomic E-state index is 0.0804. The fourth-order valence-electron chi connectivity index (χ4n) is 0.870. The fourth-order valence-corrected chi connectivity index (χ4v) is 2.92. The lowest BCUT2D eigenvalue weighted by Gasteiger charge is -1.96. The number of halogens is 1. The second kappa shape index (κ2) is 2.56. The maximum absolute atomic E-state index is 11.2. The summed E-state index contributed by atoms with van der Waals surface area (Å²) in [6.45, 7) is 0. The summed E-state index contributed by atoms with van der Waals surface area (Å²) in [5.41, 5.74) is 0. The molecular formula is C6H7BrN2O2S. The molecule has 0 amide bonds. The minimum atomic E-state index is -3.26. The predicted molar refractivity (Wildman–Crippen MR) is 49.5 cm³/mol. The van der Waals surface area contributed by atoms with Gasteiger partial charge in [0.05, 0.1) is 16.1 Å². The van der Waals surface area contributed by atoms with E-state index >= 15 is 0 Å². The Morgan fingerprint density at radius 2 is 2.25 bits per heavy atom. The lowest BCUT2D eigenvalue weighted by atomic mass is 10.7. The molecule has 0 aromatic carbocycles. The van der Waals surface area contributed by atoms with Gasteiger partial charge in [0.1, 0.15) is 0 Å². The highest BCUT2D eigenvalue weighted by molar-refractivity contribution is 9.11. The number of hydrogen-bond donors (Lipinski definition) is 1. The van der Waals surface area contributed by atoms with E-state index in [1.807, 2.05) is 0 Å². The van der Waals surface area contributed by atoms with E-state index in [2.05, 4.69) is 26.2 Å². The molecule has 0 bridgehead atoms. The number of aliphatic imine (C=N–C) groups is 1. The molecule has 0 radical (unpaired) electrons. The van der Waals surface area contributed by atoms with E-state index in [0.717, 1.165) is 18.2 Å². The van der Waals surface area contributed by atoms with Gasteiger partial charge >= 0.3 is 0 Å². The van der Waals surface area contributed by atoms with Crippen molar-refractivity contribution in [2.24, 2.45) is 4.99 Å². The van der Waals surface area contributed by atoms with E-state index in [4.69, 9.17) is 0 Å². The van der Waals surface area contributed by atoms with Gasteiger partial charge in [0.15, 0.2) is 0 Å². The standard InChI is InChI=1S/C6H7BrN2O2S/c7-5-3-12(10,11)6(9-5)8-4-1-2-4/h3-4H,1-2H2,(H,8,9). The maximum atomic E-state index is 11.2. The first kappa shape index (κ1) is 8.25. The Morgan fingerprint density at radius 1 is 1.58 bits per heavy atom. The number of sulfone groups is 1. The Labute approximate surface area is 78.8 Å². The van der Waals surface area contributed by atoms with E-state index in [0.29, 0.717) is 4.61 Å². The molecule has 1 aliphatic carbocycles. The Balaban J connectivity index is 2.31. The fraction of sp³-hybridized carbons (Fsp3) is 0.500. The summed E-state index contributed by atoms with van der Waals surface area (Å²) < 4.78 is 22.9. The van der Waals surface area contributed by atoms with Crippen molar-refractivity contribution in [3.8, 4) is 0 Å². The van der Waals surface area contributed by atoms with Crippen molar-refractivity contribution in [3.63, 3.8) is 0 Å². The van der Waals surface area contributed by atoms with Crippen LogP contribution in [0.2, 0.25) is 0 Å². The van der Waals surface area contributed by atoms with Crippen molar-refractivity contribution >= 4 is 30.9 Å². The van der Waals surface area contributed by atoms with Crippen molar-refractivity contribution in [2.75, 3.05) is 0 Å². The van der Waals surface area contributed by atoms with Crippen LogP contribution in [-0.2, 0) is 9.84 Å². The highest BCUT2D eigenvalue weighted by Crippen LogP contribution is 2.25. The number of rotatable bonds is 1. The smallest absolute Gasteiger partial charge is 0.235 e. The largest absolute Gasteiger partial charge is 0.324 e. The lowest BCUT2D eigenvalue weighted by Crippen LogP contribution is -2.21. The molecule has 1 N–H and O–H groups in total. The van der Waals surface area contributed by atoms with E-state index in [9.17, 15) is 8.42 Å². The number of nitrogens with one attached hydrogen (secondary N) is 1. The Hall–Kier alpha value is -0.360. The molecule has 1 aliphatic heterocycles. The monoisotopic (exact) mass is 250 g/mol. The van der Waals surface area contributed by atoms with E-state index < -0.39 is 9.84 Å². The molecule has 0 atom stereocenters. The van der Waals surface area contributed by atoms with Crippen LogP contribution < -0.4 is 5.32 Å². The van der Waals surface area contributed by atoms with Gasteiger partial charge in [0.2, 0.25) is 15.0 Å². The van der Waals surface area contributed by atoms with Crippen LogP contribution in [0.1, 0.15) is 12.8 Å². The van der Waals surface area contributed by atoms with Gasteiger partial charge in [-0.25, -0.2) is 8.42 Å². The third-order valence-electron chi connectivity index (χ3n) is 1.60. The Kier molecular flexibility index (Phi) is 1.76. The number of amidine groups is 1. The van der Waals surface area contributed by atoms with Gasteiger partial charge in [-0.05, 0) is 28.8 Å². The summed E-state index contributed by atoms with van der Waals surface area (Å²) in [5.74, 6) is 0. The summed E-state index contributed by atoms with van der Waals surface area (Å²) in [7, 11) is -3.26. The van der Waals surface area contributed by atoms with Crippen molar-refractivity contribution < 1.29 is 8.42 Å². The van der Waals surface area contributed by atoms with Gasteiger partial charge in [-0.1, -0.05) is 0 Å². The molecular weight excluding hydrogens is 244 g/mol. The first-order valence-electron chi connectivity index (χ1n) is 3.55. The van der Waals surface area contributed by atoms with E-state index in [1.165, 1.54) is 0 Å². The van der Waals surface area contributed by atoms with Crippen LogP contribution >= 0.6 is 15.9 Å². The van der Waals surface area contributed by atoms with E-state index in [1.54, 1.807) is 0 Å². The third-order valence-corrected chi connectivity index (χ3v) is 3.62.